The standard InChI is InChI=1S/C12H14Cl2N2/c13-9-5-10(14)12(15-6-9)16-11-4-7-1-2-8(11)3-7/h5-8,11H,1-4H2,(H,15,16). The summed E-state index contributed by atoms with van der Waals surface area (Å²) in [7, 11) is 0. The summed E-state index contributed by atoms with van der Waals surface area (Å²) in [4.78, 5) is 4.25. The van der Waals surface area contributed by atoms with Gasteiger partial charge in [0, 0.05) is 12.2 Å². The van der Waals surface area contributed by atoms with E-state index in [-0.39, 0.29) is 0 Å². The maximum Gasteiger partial charge on any atom is 0.145 e. The monoisotopic (exact) mass is 256 g/mol. The minimum Gasteiger partial charge on any atom is -0.366 e. The molecule has 3 unspecified atom stereocenters. The molecule has 2 nitrogen and oxygen atoms in total. The van der Waals surface area contributed by atoms with Gasteiger partial charge in [-0.1, -0.05) is 29.6 Å². The normalized spacial score (nSPS) is 32.0. The van der Waals surface area contributed by atoms with E-state index in [2.05, 4.69) is 10.3 Å². The van der Waals surface area contributed by atoms with Crippen molar-refractivity contribution in [1.29, 1.82) is 0 Å². The molecule has 1 aromatic heterocycles. The number of hydrogen-bond donors (Lipinski definition) is 1. The van der Waals surface area contributed by atoms with Gasteiger partial charge in [0.05, 0.1) is 10.0 Å². The van der Waals surface area contributed by atoms with E-state index in [0.29, 0.717) is 16.1 Å². The predicted molar refractivity (Wildman–Crippen MR) is 67.1 cm³/mol. The Morgan fingerprint density at radius 1 is 1.25 bits per heavy atom. The van der Waals surface area contributed by atoms with E-state index in [1.807, 2.05) is 0 Å². The largest absolute Gasteiger partial charge is 0.366 e. The number of pyridine rings is 1. The summed E-state index contributed by atoms with van der Waals surface area (Å²) >= 11 is 11.9. The second-order valence-electron chi connectivity index (χ2n) is 4.91. The van der Waals surface area contributed by atoms with Gasteiger partial charge in [0.2, 0.25) is 0 Å². The third kappa shape index (κ3) is 1.89. The van der Waals surface area contributed by atoms with Crippen LogP contribution in [0.5, 0.6) is 0 Å². The minimum atomic E-state index is 0.560. The first kappa shape index (κ1) is 10.7. The molecule has 0 saturated heterocycles. The van der Waals surface area contributed by atoms with Crippen molar-refractivity contribution in [3.63, 3.8) is 0 Å². The van der Waals surface area contributed by atoms with Crippen LogP contribution in [0.25, 0.3) is 0 Å². The molecule has 3 atom stereocenters. The van der Waals surface area contributed by atoms with Gasteiger partial charge in [0.15, 0.2) is 0 Å². The Hall–Kier alpha value is -0.470. The summed E-state index contributed by atoms with van der Waals surface area (Å²) in [5, 5.41) is 4.67. The highest BCUT2D eigenvalue weighted by Gasteiger charge is 2.39. The third-order valence-electron chi connectivity index (χ3n) is 3.87. The lowest BCUT2D eigenvalue weighted by Gasteiger charge is -2.23. The lowest BCUT2D eigenvalue weighted by molar-refractivity contribution is 0.439. The highest BCUT2D eigenvalue weighted by Crippen LogP contribution is 2.45. The zero-order valence-electron chi connectivity index (χ0n) is 8.92. The molecule has 2 aliphatic carbocycles. The molecule has 1 N–H and O–H groups in total. The number of nitrogens with zero attached hydrogens (tertiary/aromatic N) is 1. The second-order valence-corrected chi connectivity index (χ2v) is 5.75. The van der Waals surface area contributed by atoms with Gasteiger partial charge in [-0.15, -0.1) is 0 Å². The van der Waals surface area contributed by atoms with E-state index in [1.165, 1.54) is 25.7 Å². The average Bonchev–Trinajstić information content (AvgIpc) is 2.84. The van der Waals surface area contributed by atoms with Crippen LogP contribution in [0.3, 0.4) is 0 Å². The number of halogens is 2. The van der Waals surface area contributed by atoms with Crippen LogP contribution in [0.15, 0.2) is 12.3 Å². The molecule has 86 valence electrons. The Labute approximate surface area is 105 Å². The Kier molecular flexibility index (Phi) is 2.72. The number of fused-ring (bicyclic) bond motifs is 2. The van der Waals surface area contributed by atoms with Gasteiger partial charge in [-0.25, -0.2) is 4.98 Å². The van der Waals surface area contributed by atoms with Crippen LogP contribution >= 0.6 is 23.2 Å². The lowest BCUT2D eigenvalue weighted by Crippen LogP contribution is -2.26. The number of aromatic nitrogens is 1. The molecule has 0 aromatic carbocycles. The Morgan fingerprint density at radius 3 is 2.75 bits per heavy atom. The van der Waals surface area contributed by atoms with Crippen molar-refractivity contribution in [2.75, 3.05) is 5.32 Å². The van der Waals surface area contributed by atoms with Crippen LogP contribution in [0.2, 0.25) is 10.0 Å². The molecule has 2 bridgehead atoms. The zero-order valence-corrected chi connectivity index (χ0v) is 10.4. The fraction of sp³-hybridized carbons (Fsp3) is 0.583. The minimum absolute atomic E-state index is 0.560. The molecule has 16 heavy (non-hydrogen) atoms. The van der Waals surface area contributed by atoms with Gasteiger partial charge in [0.1, 0.15) is 5.82 Å². The molecule has 0 aliphatic heterocycles. The van der Waals surface area contributed by atoms with Crippen molar-refractivity contribution >= 4 is 29.0 Å². The van der Waals surface area contributed by atoms with Crippen LogP contribution in [0, 0.1) is 11.8 Å². The highest BCUT2D eigenvalue weighted by atomic mass is 35.5. The summed E-state index contributed by atoms with van der Waals surface area (Å²) in [5.74, 6) is 2.52. The summed E-state index contributed by atoms with van der Waals surface area (Å²) in [6.07, 6.45) is 7.05. The van der Waals surface area contributed by atoms with Crippen molar-refractivity contribution in [2.24, 2.45) is 11.8 Å². The van der Waals surface area contributed by atoms with Crippen molar-refractivity contribution < 1.29 is 0 Å². The first-order valence-electron chi connectivity index (χ1n) is 5.80. The fourth-order valence-corrected chi connectivity index (χ4v) is 3.55. The van der Waals surface area contributed by atoms with Crippen LogP contribution in [0.1, 0.15) is 25.7 Å². The molecule has 2 aliphatic rings. The summed E-state index contributed by atoms with van der Waals surface area (Å²) in [6.45, 7) is 0. The lowest BCUT2D eigenvalue weighted by atomic mass is 9.95. The summed E-state index contributed by atoms with van der Waals surface area (Å²) < 4.78 is 0. The highest BCUT2D eigenvalue weighted by molar-refractivity contribution is 6.35. The SMILES string of the molecule is Clc1cnc(NC2CC3CCC2C3)c(Cl)c1. The topological polar surface area (TPSA) is 24.9 Å². The molecular formula is C12H14Cl2N2. The molecular weight excluding hydrogens is 243 g/mol. The first-order valence-corrected chi connectivity index (χ1v) is 6.55. The first-order chi connectivity index (χ1) is 7.72. The van der Waals surface area contributed by atoms with Crippen LogP contribution in [-0.4, -0.2) is 11.0 Å². The van der Waals surface area contributed by atoms with E-state index in [4.69, 9.17) is 23.2 Å². The van der Waals surface area contributed by atoms with Gasteiger partial charge < -0.3 is 5.32 Å². The van der Waals surface area contributed by atoms with Crippen molar-refractivity contribution in [2.45, 2.75) is 31.7 Å². The number of nitrogens with one attached hydrogen (secondary N) is 1. The third-order valence-corrected chi connectivity index (χ3v) is 4.36. The van der Waals surface area contributed by atoms with Gasteiger partial charge >= 0.3 is 0 Å². The van der Waals surface area contributed by atoms with Gasteiger partial charge in [-0.05, 0) is 37.2 Å². The van der Waals surface area contributed by atoms with Crippen molar-refractivity contribution in [1.82, 2.24) is 4.98 Å². The van der Waals surface area contributed by atoms with E-state index in [9.17, 15) is 0 Å². The number of rotatable bonds is 2. The number of hydrogen-bond acceptors (Lipinski definition) is 2. The average molecular weight is 257 g/mol. The molecule has 2 fully saturated rings. The van der Waals surface area contributed by atoms with Crippen molar-refractivity contribution in [3.05, 3.63) is 22.3 Å². The van der Waals surface area contributed by atoms with Gasteiger partial charge in [0.25, 0.3) is 0 Å². The number of anilines is 1. The predicted octanol–water partition coefficient (Wildman–Crippen LogP) is 3.99. The smallest absolute Gasteiger partial charge is 0.145 e. The maximum atomic E-state index is 6.10. The molecule has 1 aromatic rings. The van der Waals surface area contributed by atoms with Crippen LogP contribution in [0.4, 0.5) is 5.82 Å². The summed E-state index contributed by atoms with van der Waals surface area (Å²) in [6, 6.07) is 2.30. The Bertz CT molecular complexity index is 408. The van der Waals surface area contributed by atoms with E-state index in [0.717, 1.165) is 17.7 Å². The molecule has 4 heteroatoms. The van der Waals surface area contributed by atoms with Crippen molar-refractivity contribution in [3.8, 4) is 0 Å². The Balaban J connectivity index is 1.74. The van der Waals surface area contributed by atoms with Crippen LogP contribution in [-0.2, 0) is 0 Å². The molecule has 2 saturated carbocycles. The quantitative estimate of drug-likeness (QED) is 0.866. The molecule has 1 heterocycles. The fourth-order valence-electron chi connectivity index (χ4n) is 3.12. The Morgan fingerprint density at radius 2 is 2.12 bits per heavy atom. The molecule has 0 radical (unpaired) electrons. The van der Waals surface area contributed by atoms with E-state index >= 15 is 0 Å². The van der Waals surface area contributed by atoms with Gasteiger partial charge in [-0.2, -0.15) is 0 Å². The maximum absolute atomic E-state index is 6.10. The second kappa shape index (κ2) is 4.08. The molecule has 0 spiro atoms. The molecule has 3 rings (SSSR count). The zero-order chi connectivity index (χ0) is 11.1. The van der Waals surface area contributed by atoms with Crippen LogP contribution < -0.4 is 5.32 Å². The molecule has 0 amide bonds. The van der Waals surface area contributed by atoms with E-state index < -0.39 is 0 Å². The van der Waals surface area contributed by atoms with E-state index in [1.54, 1.807) is 12.3 Å². The van der Waals surface area contributed by atoms with Gasteiger partial charge in [-0.3, -0.25) is 0 Å². The summed E-state index contributed by atoms with van der Waals surface area (Å²) in [5.41, 5.74) is 0.